The zero-order valence-corrected chi connectivity index (χ0v) is 12.0. The quantitative estimate of drug-likeness (QED) is 0.867. The van der Waals surface area contributed by atoms with Gasteiger partial charge in [-0.2, -0.15) is 0 Å². The number of ether oxygens (including phenoxy) is 3. The molecule has 0 spiro atoms. The summed E-state index contributed by atoms with van der Waals surface area (Å²) in [5.41, 5.74) is 0.983. The van der Waals surface area contributed by atoms with Gasteiger partial charge < -0.3 is 23.9 Å². The van der Waals surface area contributed by atoms with Crippen LogP contribution in [-0.4, -0.2) is 24.0 Å². The average molecular weight is 291 g/mol. The molecule has 21 heavy (non-hydrogen) atoms. The number of rotatable bonds is 6. The van der Waals surface area contributed by atoms with E-state index in [2.05, 4.69) is 15.5 Å². The summed E-state index contributed by atoms with van der Waals surface area (Å²) in [4.78, 5) is 0. The summed E-state index contributed by atoms with van der Waals surface area (Å²) >= 11 is 0. The monoisotopic (exact) mass is 291 g/mol. The smallest absolute Gasteiger partial charge is 0.253 e. The number of nitrogens with one attached hydrogen (secondary N) is 1. The van der Waals surface area contributed by atoms with E-state index in [0.717, 1.165) is 11.3 Å². The van der Waals surface area contributed by atoms with Crippen LogP contribution in [0.4, 0.5) is 0 Å². The topological polar surface area (TPSA) is 78.6 Å². The fraction of sp³-hybridized carbons (Fsp3) is 0.429. The summed E-state index contributed by atoms with van der Waals surface area (Å²) in [6, 6.07) is 3.74. The van der Waals surface area contributed by atoms with Gasteiger partial charge in [-0.3, -0.25) is 0 Å². The van der Waals surface area contributed by atoms with Gasteiger partial charge in [0.1, 0.15) is 5.75 Å². The third-order valence-corrected chi connectivity index (χ3v) is 3.09. The Hall–Kier alpha value is -2.28. The van der Waals surface area contributed by atoms with Crippen LogP contribution in [0, 0.1) is 0 Å². The molecule has 1 aromatic carbocycles. The molecule has 0 atom stereocenters. The summed E-state index contributed by atoms with van der Waals surface area (Å²) in [5.74, 6) is 3.20. The van der Waals surface area contributed by atoms with E-state index in [0.29, 0.717) is 36.2 Å². The lowest BCUT2D eigenvalue weighted by molar-refractivity contribution is 0.173. The molecule has 2 aromatic rings. The zero-order chi connectivity index (χ0) is 14.7. The largest absolute Gasteiger partial charge is 0.483 e. The minimum absolute atomic E-state index is 0.226. The zero-order valence-electron chi connectivity index (χ0n) is 12.0. The van der Waals surface area contributed by atoms with Gasteiger partial charge in [-0.1, -0.05) is 6.92 Å². The fourth-order valence-corrected chi connectivity index (χ4v) is 2.06. The van der Waals surface area contributed by atoms with E-state index in [1.807, 2.05) is 26.1 Å². The van der Waals surface area contributed by atoms with E-state index < -0.39 is 0 Å². The molecule has 7 heteroatoms. The van der Waals surface area contributed by atoms with Gasteiger partial charge >= 0.3 is 0 Å². The third-order valence-electron chi connectivity index (χ3n) is 3.09. The highest BCUT2D eigenvalue weighted by atomic mass is 16.7. The Morgan fingerprint density at radius 1 is 1.19 bits per heavy atom. The second-order valence-corrected chi connectivity index (χ2v) is 4.58. The van der Waals surface area contributed by atoms with E-state index in [1.54, 1.807) is 0 Å². The molecule has 0 amide bonds. The van der Waals surface area contributed by atoms with Gasteiger partial charge in [0.2, 0.25) is 12.7 Å². The summed E-state index contributed by atoms with van der Waals surface area (Å²) in [6.07, 6.45) is 0.710. The summed E-state index contributed by atoms with van der Waals surface area (Å²) in [5, 5.41) is 10.9. The number of aryl methyl sites for hydroxylation is 1. The molecule has 1 aliphatic rings. The van der Waals surface area contributed by atoms with Crippen molar-refractivity contribution in [1.29, 1.82) is 0 Å². The summed E-state index contributed by atoms with van der Waals surface area (Å²) in [6.45, 7) is 3.09. The maximum Gasteiger partial charge on any atom is 0.253 e. The van der Waals surface area contributed by atoms with E-state index >= 15 is 0 Å². The fourth-order valence-electron chi connectivity index (χ4n) is 2.06. The van der Waals surface area contributed by atoms with Crippen molar-refractivity contribution in [2.24, 2.45) is 0 Å². The molecule has 1 aromatic heterocycles. The molecule has 0 saturated carbocycles. The van der Waals surface area contributed by atoms with Gasteiger partial charge in [0.25, 0.3) is 5.89 Å². The lowest BCUT2D eigenvalue weighted by atomic mass is 10.1. The van der Waals surface area contributed by atoms with Crippen molar-refractivity contribution in [3.8, 4) is 17.2 Å². The number of hydrogen-bond donors (Lipinski definition) is 1. The van der Waals surface area contributed by atoms with Gasteiger partial charge in [-0.25, -0.2) is 0 Å². The van der Waals surface area contributed by atoms with Crippen molar-refractivity contribution in [3.63, 3.8) is 0 Å². The highest BCUT2D eigenvalue weighted by Crippen LogP contribution is 2.38. The van der Waals surface area contributed by atoms with Crippen molar-refractivity contribution in [3.05, 3.63) is 29.5 Å². The third kappa shape index (κ3) is 2.92. The first-order chi connectivity index (χ1) is 10.3. The molecule has 1 aliphatic heterocycles. The number of fused-ring (bicyclic) bond motifs is 1. The number of aromatic nitrogens is 2. The normalized spacial score (nSPS) is 12.7. The molecule has 0 unspecified atom stereocenters. The van der Waals surface area contributed by atoms with Gasteiger partial charge in [0.05, 0.1) is 0 Å². The molecule has 0 saturated heterocycles. The van der Waals surface area contributed by atoms with Crippen LogP contribution in [0.3, 0.4) is 0 Å². The molecular formula is C14H17N3O4. The predicted molar refractivity (Wildman–Crippen MR) is 73.3 cm³/mol. The Balaban J connectivity index is 1.77. The molecule has 0 bridgehead atoms. The minimum Gasteiger partial charge on any atom is -0.483 e. The van der Waals surface area contributed by atoms with Gasteiger partial charge in [-0.15, -0.1) is 10.2 Å². The molecule has 0 aliphatic carbocycles. The first-order valence-electron chi connectivity index (χ1n) is 6.81. The van der Waals surface area contributed by atoms with Crippen LogP contribution in [0.25, 0.3) is 0 Å². The molecule has 3 rings (SSSR count). The molecule has 1 N–H and O–H groups in total. The number of nitrogens with zero attached hydrogens (tertiary/aromatic N) is 2. The average Bonchev–Trinajstić information content (AvgIpc) is 3.13. The number of hydrogen-bond acceptors (Lipinski definition) is 7. The highest BCUT2D eigenvalue weighted by Gasteiger charge is 2.18. The van der Waals surface area contributed by atoms with Crippen molar-refractivity contribution < 1.29 is 18.6 Å². The Bertz CT molecular complexity index is 627. The Kier molecular flexibility index (Phi) is 3.92. The van der Waals surface area contributed by atoms with Crippen molar-refractivity contribution in [2.75, 3.05) is 13.8 Å². The Morgan fingerprint density at radius 2 is 1.95 bits per heavy atom. The first kappa shape index (κ1) is 13.7. The lowest BCUT2D eigenvalue weighted by Gasteiger charge is -2.11. The maximum absolute atomic E-state index is 5.79. The van der Waals surface area contributed by atoms with E-state index in [4.69, 9.17) is 18.6 Å². The van der Waals surface area contributed by atoms with Crippen LogP contribution in [0.2, 0.25) is 0 Å². The summed E-state index contributed by atoms with van der Waals surface area (Å²) < 4.78 is 22.0. The van der Waals surface area contributed by atoms with Crippen LogP contribution >= 0.6 is 0 Å². The molecular weight excluding hydrogens is 274 g/mol. The van der Waals surface area contributed by atoms with Gasteiger partial charge in [0.15, 0.2) is 18.1 Å². The highest BCUT2D eigenvalue weighted by molar-refractivity contribution is 5.51. The second-order valence-electron chi connectivity index (χ2n) is 4.58. The van der Waals surface area contributed by atoms with Gasteiger partial charge in [-0.05, 0) is 13.1 Å². The van der Waals surface area contributed by atoms with Crippen LogP contribution < -0.4 is 19.5 Å². The van der Waals surface area contributed by atoms with Gasteiger partial charge in [0, 0.05) is 24.6 Å². The molecule has 2 heterocycles. The minimum atomic E-state index is 0.226. The van der Waals surface area contributed by atoms with E-state index in [1.165, 1.54) is 0 Å². The van der Waals surface area contributed by atoms with E-state index in [9.17, 15) is 0 Å². The Labute approximate surface area is 122 Å². The predicted octanol–water partition coefficient (Wildman–Crippen LogP) is 1.66. The molecule has 7 nitrogen and oxygen atoms in total. The lowest BCUT2D eigenvalue weighted by Crippen LogP contribution is -2.07. The van der Waals surface area contributed by atoms with Crippen molar-refractivity contribution in [1.82, 2.24) is 15.5 Å². The Morgan fingerprint density at radius 3 is 2.67 bits per heavy atom. The van der Waals surface area contributed by atoms with Crippen molar-refractivity contribution in [2.45, 2.75) is 26.5 Å². The van der Waals surface area contributed by atoms with Crippen LogP contribution in [-0.2, 0) is 19.6 Å². The second kappa shape index (κ2) is 6.01. The molecule has 112 valence electrons. The first-order valence-corrected chi connectivity index (χ1v) is 6.81. The van der Waals surface area contributed by atoms with E-state index in [-0.39, 0.29) is 13.4 Å². The van der Waals surface area contributed by atoms with Crippen molar-refractivity contribution >= 4 is 0 Å². The van der Waals surface area contributed by atoms with Crippen LogP contribution in [0.5, 0.6) is 17.2 Å². The van der Waals surface area contributed by atoms with Crippen LogP contribution in [0.15, 0.2) is 16.5 Å². The van der Waals surface area contributed by atoms with Crippen LogP contribution in [0.1, 0.15) is 24.3 Å². The SMILES string of the molecule is CCc1nnc(COc2cc3c(cc2CNC)OCO3)o1. The maximum atomic E-state index is 5.79. The number of benzene rings is 1. The molecule has 0 radical (unpaired) electrons. The standard InChI is InChI=1S/C14H17N3O4/c1-3-13-16-17-14(21-13)7-18-10-5-12-11(19-8-20-12)4-9(10)6-15-2/h4-5,15H,3,6-8H2,1-2H3. The summed E-state index contributed by atoms with van der Waals surface area (Å²) in [7, 11) is 1.87. The molecule has 0 fully saturated rings.